The number of benzene rings is 2. The Bertz CT molecular complexity index is 760. The molecule has 0 radical (unpaired) electrons. The molecule has 2 aromatic rings. The lowest BCUT2D eigenvalue weighted by Gasteiger charge is -2.47. The highest BCUT2D eigenvalue weighted by Gasteiger charge is 2.44. The molecule has 1 saturated heterocycles. The molecular weight excluding hydrogens is 412 g/mol. The van der Waals surface area contributed by atoms with Crippen LogP contribution in [0.5, 0.6) is 0 Å². The van der Waals surface area contributed by atoms with Gasteiger partial charge in [-0.15, -0.1) is 0 Å². The smallest absolute Gasteiger partial charge is 0.0909 e. The molecule has 0 amide bonds. The lowest BCUT2D eigenvalue weighted by molar-refractivity contribution is -0.197. The molecule has 1 fully saturated rings. The summed E-state index contributed by atoms with van der Waals surface area (Å²) in [6.45, 7) is 12.0. The third-order valence-corrected chi connectivity index (χ3v) is 6.99. The minimum atomic E-state index is 0.0553. The van der Waals surface area contributed by atoms with Gasteiger partial charge in [0.1, 0.15) is 0 Å². The predicted molar refractivity (Wildman–Crippen MR) is 120 cm³/mol. The summed E-state index contributed by atoms with van der Waals surface area (Å²) < 4.78 is 14.3. The zero-order valence-corrected chi connectivity index (χ0v) is 19.3. The van der Waals surface area contributed by atoms with Gasteiger partial charge in [-0.05, 0) is 54.0 Å². The highest BCUT2D eigenvalue weighted by molar-refractivity contribution is 9.10. The summed E-state index contributed by atoms with van der Waals surface area (Å²) in [5, 5.41) is 0. The molecule has 0 aromatic heterocycles. The first-order valence-corrected chi connectivity index (χ1v) is 11.3. The lowest BCUT2D eigenvalue weighted by Crippen LogP contribution is -2.52. The van der Waals surface area contributed by atoms with Gasteiger partial charge in [0.25, 0.3) is 0 Å². The third-order valence-electron chi connectivity index (χ3n) is 6.49. The van der Waals surface area contributed by atoms with Crippen molar-refractivity contribution in [3.63, 3.8) is 0 Å². The van der Waals surface area contributed by atoms with Gasteiger partial charge in [-0.2, -0.15) is 0 Å². The van der Waals surface area contributed by atoms with E-state index in [0.717, 1.165) is 10.9 Å². The van der Waals surface area contributed by atoms with Crippen molar-refractivity contribution >= 4 is 15.9 Å². The van der Waals surface area contributed by atoms with Crippen LogP contribution in [0.2, 0.25) is 0 Å². The zero-order chi connectivity index (χ0) is 20.3. The normalized spacial score (nSPS) is 28.9. The van der Waals surface area contributed by atoms with Crippen molar-refractivity contribution < 1.29 is 9.47 Å². The molecule has 1 aliphatic heterocycles. The van der Waals surface area contributed by atoms with Crippen LogP contribution >= 0.6 is 15.9 Å². The first-order chi connectivity index (χ1) is 13.4. The second-order valence-corrected chi connectivity index (χ2v) is 9.23. The molecule has 3 rings (SSSR count). The number of hydrogen-bond acceptors (Lipinski definition) is 2. The van der Waals surface area contributed by atoms with Crippen molar-refractivity contribution in [2.45, 2.75) is 71.9 Å². The fourth-order valence-electron chi connectivity index (χ4n) is 4.55. The van der Waals surface area contributed by atoms with E-state index in [9.17, 15) is 0 Å². The molecular formula is C25H33BrO2. The lowest BCUT2D eigenvalue weighted by atomic mass is 9.76. The number of halogens is 1. The molecule has 2 aromatic carbocycles. The van der Waals surface area contributed by atoms with Crippen LogP contribution in [0.15, 0.2) is 53.0 Å². The molecule has 0 spiro atoms. The second kappa shape index (κ2) is 9.56. The highest BCUT2D eigenvalue weighted by atomic mass is 79.9. The first kappa shape index (κ1) is 21.5. The Labute approximate surface area is 178 Å². The van der Waals surface area contributed by atoms with Gasteiger partial charge in [-0.3, -0.25) is 0 Å². The van der Waals surface area contributed by atoms with Crippen molar-refractivity contribution in [2.24, 2.45) is 11.8 Å². The molecule has 1 heterocycles. The predicted octanol–water partition coefficient (Wildman–Crippen LogP) is 6.90. The Morgan fingerprint density at radius 1 is 1.07 bits per heavy atom. The summed E-state index contributed by atoms with van der Waals surface area (Å²) >= 11 is 3.59. The summed E-state index contributed by atoms with van der Waals surface area (Å²) in [6.07, 6.45) is 1.46. The van der Waals surface area contributed by atoms with E-state index in [-0.39, 0.29) is 24.2 Å². The van der Waals surface area contributed by atoms with Crippen molar-refractivity contribution in [3.05, 3.63) is 69.7 Å². The monoisotopic (exact) mass is 444 g/mol. The van der Waals surface area contributed by atoms with Gasteiger partial charge in [0.05, 0.1) is 24.9 Å². The van der Waals surface area contributed by atoms with Gasteiger partial charge in [0.2, 0.25) is 0 Å². The summed E-state index contributed by atoms with van der Waals surface area (Å²) in [6, 6.07) is 17.0. The van der Waals surface area contributed by atoms with Crippen LogP contribution < -0.4 is 0 Å². The second-order valence-electron chi connectivity index (χ2n) is 8.32. The minimum absolute atomic E-state index is 0.0553. The average Bonchev–Trinajstić information content (AvgIpc) is 2.69. The van der Waals surface area contributed by atoms with Crippen LogP contribution in [0.3, 0.4) is 0 Å². The molecule has 3 heteroatoms. The van der Waals surface area contributed by atoms with E-state index in [1.807, 2.05) is 6.07 Å². The zero-order valence-electron chi connectivity index (χ0n) is 17.7. The fraction of sp³-hybridized carbons (Fsp3) is 0.520. The van der Waals surface area contributed by atoms with Crippen LogP contribution in [-0.2, 0) is 16.1 Å². The number of ether oxygens (including phenoxy) is 2. The van der Waals surface area contributed by atoms with Gasteiger partial charge in [0, 0.05) is 10.4 Å². The van der Waals surface area contributed by atoms with Crippen molar-refractivity contribution in [3.8, 4) is 0 Å². The Balaban J connectivity index is 1.86. The first-order valence-electron chi connectivity index (χ1n) is 10.5. The maximum atomic E-state index is 6.68. The topological polar surface area (TPSA) is 18.5 Å². The van der Waals surface area contributed by atoms with E-state index >= 15 is 0 Å². The molecule has 6 atom stereocenters. The Kier molecular flexibility index (Phi) is 7.36. The largest absolute Gasteiger partial charge is 0.371 e. The van der Waals surface area contributed by atoms with Crippen molar-refractivity contribution in [1.82, 2.24) is 0 Å². The molecule has 28 heavy (non-hydrogen) atoms. The molecule has 2 unspecified atom stereocenters. The molecule has 152 valence electrons. The van der Waals surface area contributed by atoms with Crippen molar-refractivity contribution in [1.29, 1.82) is 0 Å². The molecule has 1 aliphatic rings. The van der Waals surface area contributed by atoms with Crippen LogP contribution in [0.1, 0.15) is 56.7 Å². The Hall–Kier alpha value is -1.16. The highest BCUT2D eigenvalue weighted by Crippen LogP contribution is 2.40. The summed E-state index contributed by atoms with van der Waals surface area (Å²) in [5.74, 6) is 1.21. The van der Waals surface area contributed by atoms with Gasteiger partial charge < -0.3 is 9.47 Å². The molecule has 2 nitrogen and oxygen atoms in total. The quantitative estimate of drug-likeness (QED) is 0.482. The Morgan fingerprint density at radius 2 is 1.79 bits per heavy atom. The molecule has 0 saturated carbocycles. The van der Waals surface area contributed by atoms with Gasteiger partial charge in [-0.1, -0.05) is 80.0 Å². The van der Waals surface area contributed by atoms with Crippen molar-refractivity contribution in [2.75, 3.05) is 0 Å². The van der Waals surface area contributed by atoms with Crippen LogP contribution in [0.4, 0.5) is 0 Å². The average molecular weight is 445 g/mol. The van der Waals surface area contributed by atoms with E-state index in [1.54, 1.807) is 0 Å². The molecule has 0 aliphatic carbocycles. The Morgan fingerprint density at radius 3 is 2.43 bits per heavy atom. The van der Waals surface area contributed by atoms with E-state index in [4.69, 9.17) is 9.47 Å². The molecule has 0 N–H and O–H groups in total. The van der Waals surface area contributed by atoms with E-state index in [0.29, 0.717) is 18.4 Å². The SMILES string of the molecule is CCC1O[C@H]([C@H](C)c2ccc(Br)cc2C)C(OCc2ccccc2)[C@@H](C)[C@@H]1C. The number of rotatable bonds is 6. The van der Waals surface area contributed by atoms with Crippen LogP contribution in [0, 0.1) is 18.8 Å². The maximum absolute atomic E-state index is 6.68. The van der Waals surface area contributed by atoms with E-state index < -0.39 is 0 Å². The third kappa shape index (κ3) is 4.69. The molecule has 0 bridgehead atoms. The number of aryl methyl sites for hydroxylation is 1. The van der Waals surface area contributed by atoms with E-state index in [1.165, 1.54) is 16.7 Å². The van der Waals surface area contributed by atoms with Gasteiger partial charge in [-0.25, -0.2) is 0 Å². The standard InChI is InChI=1S/C25H33BrO2/c1-6-23-17(3)18(4)24(27-15-20-10-8-7-9-11-20)25(28-23)19(5)22-13-12-21(26)14-16(22)2/h7-14,17-19,23-25H,6,15H2,1-5H3/t17-,18-,19+,23?,24?,25+/m0/s1. The fourth-order valence-corrected chi connectivity index (χ4v) is 5.03. The van der Waals surface area contributed by atoms with Crippen LogP contribution in [0.25, 0.3) is 0 Å². The van der Waals surface area contributed by atoms with Gasteiger partial charge >= 0.3 is 0 Å². The number of hydrogen-bond donors (Lipinski definition) is 0. The van der Waals surface area contributed by atoms with E-state index in [2.05, 4.69) is 93.0 Å². The summed E-state index contributed by atoms with van der Waals surface area (Å²) in [4.78, 5) is 0. The minimum Gasteiger partial charge on any atom is -0.371 e. The van der Waals surface area contributed by atoms with Gasteiger partial charge in [0.15, 0.2) is 0 Å². The maximum Gasteiger partial charge on any atom is 0.0909 e. The summed E-state index contributed by atoms with van der Waals surface area (Å²) in [5.41, 5.74) is 3.86. The van der Waals surface area contributed by atoms with Crippen LogP contribution in [-0.4, -0.2) is 18.3 Å². The summed E-state index contributed by atoms with van der Waals surface area (Å²) in [7, 11) is 0.